The summed E-state index contributed by atoms with van der Waals surface area (Å²) >= 11 is 0. The van der Waals surface area contributed by atoms with E-state index in [2.05, 4.69) is 52.1 Å². The molecule has 2 atom stereocenters. The van der Waals surface area contributed by atoms with E-state index >= 15 is 0 Å². The summed E-state index contributed by atoms with van der Waals surface area (Å²) < 4.78 is 5.33. The van der Waals surface area contributed by atoms with Gasteiger partial charge in [0, 0.05) is 35.2 Å². The van der Waals surface area contributed by atoms with E-state index in [0.29, 0.717) is 6.54 Å². The van der Waals surface area contributed by atoms with Gasteiger partial charge in [-0.2, -0.15) is 0 Å². The number of aromatic nitrogens is 1. The molecule has 4 rings (SSSR count). The van der Waals surface area contributed by atoms with Crippen molar-refractivity contribution >= 4 is 22.5 Å². The molecule has 4 aromatic rings. The summed E-state index contributed by atoms with van der Waals surface area (Å²) in [5.41, 5.74) is 5.43. The van der Waals surface area contributed by atoms with Crippen LogP contribution in [0.25, 0.3) is 10.9 Å². The van der Waals surface area contributed by atoms with E-state index in [4.69, 9.17) is 4.74 Å². The molecule has 0 fully saturated rings. The Bertz CT molecular complexity index is 1180. The van der Waals surface area contributed by atoms with Gasteiger partial charge < -0.3 is 20.4 Å². The standard InChI is InChI=1S/C27H29N3O2/c1-18-8-12-21(13-9-18)30-27(31)19(2)28-16-24(20-10-14-22(32-3)15-11-20)25-17-29-26-7-5-4-6-23(25)26/h4-15,17,19,24,28-29H,16H2,1-3H3,(H,30,31)/t19-,24-/m0/s1. The topological polar surface area (TPSA) is 66.2 Å². The predicted molar refractivity (Wildman–Crippen MR) is 130 cm³/mol. The zero-order chi connectivity index (χ0) is 22.5. The van der Waals surface area contributed by atoms with Crippen molar-refractivity contribution < 1.29 is 9.53 Å². The summed E-state index contributed by atoms with van der Waals surface area (Å²) in [5, 5.41) is 7.61. The molecule has 0 aliphatic heterocycles. The number of rotatable bonds is 8. The van der Waals surface area contributed by atoms with E-state index < -0.39 is 0 Å². The SMILES string of the molecule is COc1ccc([C@H](CN[C@@H](C)C(=O)Nc2ccc(C)cc2)c2c[nH]c3ccccc23)cc1. The third kappa shape index (κ3) is 4.84. The van der Waals surface area contributed by atoms with Crippen LogP contribution >= 0.6 is 0 Å². The molecular weight excluding hydrogens is 398 g/mol. The van der Waals surface area contributed by atoms with Gasteiger partial charge in [-0.3, -0.25) is 4.79 Å². The van der Waals surface area contributed by atoms with Crippen molar-refractivity contribution in [3.63, 3.8) is 0 Å². The Morgan fingerprint density at radius 2 is 1.72 bits per heavy atom. The van der Waals surface area contributed by atoms with Gasteiger partial charge >= 0.3 is 0 Å². The summed E-state index contributed by atoms with van der Waals surface area (Å²) in [6.45, 7) is 4.54. The van der Waals surface area contributed by atoms with Crippen molar-refractivity contribution in [2.24, 2.45) is 0 Å². The van der Waals surface area contributed by atoms with Crippen molar-refractivity contribution in [3.05, 3.63) is 95.7 Å². The van der Waals surface area contributed by atoms with Gasteiger partial charge in [0.2, 0.25) is 5.91 Å². The molecule has 32 heavy (non-hydrogen) atoms. The third-order valence-electron chi connectivity index (χ3n) is 5.86. The number of H-pyrrole nitrogens is 1. The number of ether oxygens (including phenoxy) is 1. The predicted octanol–water partition coefficient (Wildman–Crippen LogP) is 5.23. The number of fused-ring (bicyclic) bond motifs is 1. The maximum absolute atomic E-state index is 12.7. The van der Waals surface area contributed by atoms with Crippen LogP contribution in [-0.4, -0.2) is 30.6 Å². The fourth-order valence-corrected chi connectivity index (χ4v) is 3.90. The number of anilines is 1. The van der Waals surface area contributed by atoms with Crippen LogP contribution in [0.3, 0.4) is 0 Å². The number of hydrogen-bond acceptors (Lipinski definition) is 3. The maximum atomic E-state index is 12.7. The monoisotopic (exact) mass is 427 g/mol. The van der Waals surface area contributed by atoms with E-state index in [0.717, 1.165) is 28.1 Å². The quantitative estimate of drug-likeness (QED) is 0.361. The second kappa shape index (κ2) is 9.71. The molecule has 3 aromatic carbocycles. The van der Waals surface area contributed by atoms with Gasteiger partial charge in [-0.1, -0.05) is 48.0 Å². The number of aryl methyl sites for hydroxylation is 1. The Morgan fingerprint density at radius 3 is 2.44 bits per heavy atom. The van der Waals surface area contributed by atoms with Crippen LogP contribution in [0, 0.1) is 6.92 Å². The number of nitrogens with one attached hydrogen (secondary N) is 3. The normalized spacial score (nSPS) is 13.0. The number of carbonyl (C=O) groups excluding carboxylic acids is 1. The number of carbonyl (C=O) groups is 1. The number of amides is 1. The number of methoxy groups -OCH3 is 1. The highest BCUT2D eigenvalue weighted by Gasteiger charge is 2.21. The van der Waals surface area contributed by atoms with Gasteiger partial charge in [-0.15, -0.1) is 0 Å². The third-order valence-corrected chi connectivity index (χ3v) is 5.86. The minimum Gasteiger partial charge on any atom is -0.497 e. The van der Waals surface area contributed by atoms with E-state index in [9.17, 15) is 4.79 Å². The van der Waals surface area contributed by atoms with Gasteiger partial charge in [0.25, 0.3) is 0 Å². The van der Waals surface area contributed by atoms with Crippen molar-refractivity contribution in [3.8, 4) is 5.75 Å². The van der Waals surface area contributed by atoms with Crippen LogP contribution in [-0.2, 0) is 4.79 Å². The molecular formula is C27H29N3O2. The van der Waals surface area contributed by atoms with Crippen LogP contribution < -0.4 is 15.4 Å². The summed E-state index contributed by atoms with van der Waals surface area (Å²) in [7, 11) is 1.67. The summed E-state index contributed by atoms with van der Waals surface area (Å²) in [4.78, 5) is 16.1. The van der Waals surface area contributed by atoms with Gasteiger partial charge in [0.15, 0.2) is 0 Å². The average molecular weight is 428 g/mol. The van der Waals surface area contributed by atoms with E-state index in [1.807, 2.05) is 56.3 Å². The molecule has 1 heterocycles. The highest BCUT2D eigenvalue weighted by atomic mass is 16.5. The van der Waals surface area contributed by atoms with E-state index in [1.54, 1.807) is 7.11 Å². The summed E-state index contributed by atoms with van der Waals surface area (Å²) in [5.74, 6) is 0.846. The van der Waals surface area contributed by atoms with E-state index in [1.165, 1.54) is 10.9 Å². The zero-order valence-corrected chi connectivity index (χ0v) is 18.7. The molecule has 0 saturated heterocycles. The molecule has 164 valence electrons. The molecule has 1 amide bonds. The molecule has 5 heteroatoms. The first-order valence-corrected chi connectivity index (χ1v) is 10.9. The first-order chi connectivity index (χ1) is 15.5. The van der Waals surface area contributed by atoms with Gasteiger partial charge in [0.1, 0.15) is 5.75 Å². The van der Waals surface area contributed by atoms with Gasteiger partial charge in [0.05, 0.1) is 13.2 Å². The Balaban J connectivity index is 1.53. The first kappa shape index (κ1) is 21.7. The van der Waals surface area contributed by atoms with Crippen molar-refractivity contribution in [2.75, 3.05) is 19.0 Å². The fraction of sp³-hybridized carbons (Fsp3) is 0.222. The first-order valence-electron chi connectivity index (χ1n) is 10.9. The molecule has 0 radical (unpaired) electrons. The molecule has 0 aliphatic carbocycles. The smallest absolute Gasteiger partial charge is 0.241 e. The lowest BCUT2D eigenvalue weighted by molar-refractivity contribution is -0.117. The largest absolute Gasteiger partial charge is 0.497 e. The molecule has 0 unspecified atom stereocenters. The number of benzene rings is 3. The highest BCUT2D eigenvalue weighted by molar-refractivity contribution is 5.94. The minimum atomic E-state index is -0.345. The molecule has 0 aliphatic rings. The molecule has 0 spiro atoms. The molecule has 0 saturated carbocycles. The molecule has 3 N–H and O–H groups in total. The number of para-hydroxylation sites is 1. The average Bonchev–Trinajstić information content (AvgIpc) is 3.25. The lowest BCUT2D eigenvalue weighted by Crippen LogP contribution is -2.40. The zero-order valence-electron chi connectivity index (χ0n) is 18.7. The second-order valence-electron chi connectivity index (χ2n) is 8.10. The maximum Gasteiger partial charge on any atom is 0.241 e. The van der Waals surface area contributed by atoms with Crippen LogP contribution in [0.2, 0.25) is 0 Å². The number of aromatic amines is 1. The molecule has 5 nitrogen and oxygen atoms in total. The lowest BCUT2D eigenvalue weighted by atomic mass is 9.90. The molecule has 0 bridgehead atoms. The Morgan fingerprint density at radius 1 is 1.00 bits per heavy atom. The minimum absolute atomic E-state index is 0.0544. The summed E-state index contributed by atoms with van der Waals surface area (Å²) in [6, 6.07) is 23.9. The van der Waals surface area contributed by atoms with Crippen LogP contribution in [0.5, 0.6) is 5.75 Å². The van der Waals surface area contributed by atoms with Crippen LogP contribution in [0.4, 0.5) is 5.69 Å². The summed E-state index contributed by atoms with van der Waals surface area (Å²) in [6.07, 6.45) is 2.07. The Labute approximate surface area is 188 Å². The van der Waals surface area contributed by atoms with Gasteiger partial charge in [-0.05, 0) is 55.3 Å². The fourth-order valence-electron chi connectivity index (χ4n) is 3.90. The van der Waals surface area contributed by atoms with Gasteiger partial charge in [-0.25, -0.2) is 0 Å². The van der Waals surface area contributed by atoms with E-state index in [-0.39, 0.29) is 17.9 Å². The van der Waals surface area contributed by atoms with Crippen molar-refractivity contribution in [1.29, 1.82) is 0 Å². The Kier molecular flexibility index (Phi) is 6.57. The van der Waals surface area contributed by atoms with Crippen molar-refractivity contribution in [2.45, 2.75) is 25.8 Å². The van der Waals surface area contributed by atoms with Crippen LogP contribution in [0.1, 0.15) is 29.5 Å². The highest BCUT2D eigenvalue weighted by Crippen LogP contribution is 2.31. The second-order valence-corrected chi connectivity index (χ2v) is 8.10. The Hall–Kier alpha value is -3.57. The lowest BCUT2D eigenvalue weighted by Gasteiger charge is -2.21. The van der Waals surface area contributed by atoms with Crippen LogP contribution in [0.15, 0.2) is 79.0 Å². The van der Waals surface area contributed by atoms with Crippen molar-refractivity contribution in [1.82, 2.24) is 10.3 Å². The molecule has 1 aromatic heterocycles. The number of hydrogen-bond donors (Lipinski definition) is 3.